The predicted molar refractivity (Wildman–Crippen MR) is 209 cm³/mol. The van der Waals surface area contributed by atoms with Crippen LogP contribution in [0.5, 0.6) is 0 Å². The summed E-state index contributed by atoms with van der Waals surface area (Å²) in [5.41, 5.74) is 5.94. The molecule has 10 rings (SSSR count). The molecular weight excluding hydrogens is 599 g/mol. The number of hydrogen-bond donors (Lipinski definition) is 0. The largest absolute Gasteiger partial charge is 0.309 e. The van der Waals surface area contributed by atoms with E-state index in [0.717, 1.165) is 11.4 Å². The van der Waals surface area contributed by atoms with Gasteiger partial charge in [0.25, 0.3) is 0 Å². The van der Waals surface area contributed by atoms with E-state index in [9.17, 15) is 0 Å². The highest BCUT2D eigenvalue weighted by Crippen LogP contribution is 2.47. The number of para-hydroxylation sites is 1. The van der Waals surface area contributed by atoms with Crippen molar-refractivity contribution in [1.82, 2.24) is 0 Å². The van der Waals surface area contributed by atoms with E-state index in [1.807, 2.05) is 11.3 Å². The fourth-order valence-corrected chi connectivity index (χ4v) is 8.92. The van der Waals surface area contributed by atoms with Gasteiger partial charge in [0, 0.05) is 26.8 Å². The molecule has 0 unspecified atom stereocenters. The summed E-state index contributed by atoms with van der Waals surface area (Å²) >= 11 is 1.90. The second-order valence-corrected chi connectivity index (χ2v) is 13.5. The standard InChI is InChI=1S/C46H29NS/c1-2-13-33(14-3-1)47(44-20-10-19-40-41-28-24-31-12-5-7-16-36(31)45(41)48-46(40)44)34-25-21-32(22-26-34)42-29-43-35-15-6-4-11-30(35)23-27-39(43)37-17-8-9-18-38(37)42/h1-29H. The first-order valence-electron chi connectivity index (χ1n) is 16.4. The maximum Gasteiger partial charge on any atom is 0.0640 e. The van der Waals surface area contributed by atoms with Crippen LogP contribution in [0.25, 0.3) is 74.4 Å². The van der Waals surface area contributed by atoms with Crippen molar-refractivity contribution in [3.63, 3.8) is 0 Å². The molecule has 0 bridgehead atoms. The Labute approximate surface area is 282 Å². The highest BCUT2D eigenvalue weighted by molar-refractivity contribution is 7.27. The van der Waals surface area contributed by atoms with E-state index in [0.29, 0.717) is 0 Å². The van der Waals surface area contributed by atoms with Crippen LogP contribution >= 0.6 is 11.3 Å². The molecule has 9 aromatic carbocycles. The number of anilines is 3. The summed E-state index contributed by atoms with van der Waals surface area (Å²) in [4.78, 5) is 2.41. The van der Waals surface area contributed by atoms with Crippen LogP contribution in [-0.2, 0) is 0 Å². The summed E-state index contributed by atoms with van der Waals surface area (Å²) < 4.78 is 2.64. The van der Waals surface area contributed by atoms with Crippen molar-refractivity contribution in [2.45, 2.75) is 0 Å². The first-order chi connectivity index (χ1) is 23.8. The number of hydrogen-bond acceptors (Lipinski definition) is 2. The molecule has 0 aliphatic rings. The highest BCUT2D eigenvalue weighted by Gasteiger charge is 2.19. The fourth-order valence-electron chi connectivity index (χ4n) is 7.58. The highest BCUT2D eigenvalue weighted by atomic mass is 32.1. The Kier molecular flexibility index (Phi) is 6.12. The van der Waals surface area contributed by atoms with Crippen LogP contribution in [0.4, 0.5) is 17.1 Å². The van der Waals surface area contributed by atoms with Crippen LogP contribution in [-0.4, -0.2) is 0 Å². The maximum absolute atomic E-state index is 2.41. The van der Waals surface area contributed by atoms with Crippen molar-refractivity contribution < 1.29 is 0 Å². The van der Waals surface area contributed by atoms with Gasteiger partial charge in [-0.1, -0.05) is 140 Å². The molecule has 0 spiro atoms. The Morgan fingerprint density at radius 3 is 1.69 bits per heavy atom. The lowest BCUT2D eigenvalue weighted by Gasteiger charge is -2.26. The Morgan fingerprint density at radius 1 is 0.333 bits per heavy atom. The number of nitrogens with zero attached hydrogens (tertiary/aromatic N) is 1. The van der Waals surface area contributed by atoms with E-state index in [1.54, 1.807) is 0 Å². The van der Waals surface area contributed by atoms with Crippen LogP contribution < -0.4 is 4.90 Å². The third kappa shape index (κ3) is 4.17. The first-order valence-corrected chi connectivity index (χ1v) is 17.3. The maximum atomic E-state index is 2.41. The van der Waals surface area contributed by atoms with Crippen LogP contribution in [0.15, 0.2) is 176 Å². The molecular formula is C46H29NS. The normalized spacial score (nSPS) is 11.8. The minimum Gasteiger partial charge on any atom is -0.309 e. The van der Waals surface area contributed by atoms with Crippen molar-refractivity contribution >= 4 is 91.7 Å². The van der Waals surface area contributed by atoms with Crippen molar-refractivity contribution in [2.75, 3.05) is 4.90 Å². The lowest BCUT2D eigenvalue weighted by atomic mass is 9.91. The Bertz CT molecular complexity index is 2830. The van der Waals surface area contributed by atoms with E-state index >= 15 is 0 Å². The molecule has 0 N–H and O–H groups in total. The molecule has 0 saturated heterocycles. The van der Waals surface area contributed by atoms with Gasteiger partial charge in [-0.3, -0.25) is 0 Å². The molecule has 0 radical (unpaired) electrons. The topological polar surface area (TPSA) is 3.24 Å². The lowest BCUT2D eigenvalue weighted by Crippen LogP contribution is -2.09. The monoisotopic (exact) mass is 627 g/mol. The number of rotatable bonds is 4. The summed E-state index contributed by atoms with van der Waals surface area (Å²) in [6.07, 6.45) is 0. The second-order valence-electron chi connectivity index (χ2n) is 12.5. The summed E-state index contributed by atoms with van der Waals surface area (Å²) in [7, 11) is 0. The van der Waals surface area contributed by atoms with E-state index in [-0.39, 0.29) is 0 Å². The molecule has 0 saturated carbocycles. The smallest absolute Gasteiger partial charge is 0.0640 e. The molecule has 0 fully saturated rings. The van der Waals surface area contributed by atoms with Crippen LogP contribution in [0.2, 0.25) is 0 Å². The Balaban J connectivity index is 1.17. The van der Waals surface area contributed by atoms with Crippen molar-refractivity contribution in [3.05, 3.63) is 176 Å². The molecule has 48 heavy (non-hydrogen) atoms. The van der Waals surface area contributed by atoms with Crippen molar-refractivity contribution in [2.24, 2.45) is 0 Å². The van der Waals surface area contributed by atoms with Gasteiger partial charge in [0.1, 0.15) is 0 Å². The van der Waals surface area contributed by atoms with Gasteiger partial charge in [-0.15, -0.1) is 11.3 Å². The van der Waals surface area contributed by atoms with Gasteiger partial charge >= 0.3 is 0 Å². The minimum absolute atomic E-state index is 1.13. The molecule has 224 valence electrons. The van der Waals surface area contributed by atoms with E-state index < -0.39 is 0 Å². The van der Waals surface area contributed by atoms with Gasteiger partial charge in [0.05, 0.1) is 10.4 Å². The summed E-state index contributed by atoms with van der Waals surface area (Å²) in [5, 5.41) is 12.9. The summed E-state index contributed by atoms with van der Waals surface area (Å²) in [5.74, 6) is 0. The van der Waals surface area contributed by atoms with E-state index in [1.165, 1.54) is 80.1 Å². The molecule has 1 aromatic heterocycles. The average molecular weight is 628 g/mol. The van der Waals surface area contributed by atoms with Gasteiger partial charge in [-0.25, -0.2) is 0 Å². The van der Waals surface area contributed by atoms with Gasteiger partial charge in [0.15, 0.2) is 0 Å². The summed E-state index contributed by atoms with van der Waals surface area (Å²) in [6.45, 7) is 0. The summed E-state index contributed by atoms with van der Waals surface area (Å²) in [6, 6.07) is 64.4. The van der Waals surface area contributed by atoms with E-state index in [4.69, 9.17) is 0 Å². The second kappa shape index (κ2) is 10.8. The predicted octanol–water partition coefficient (Wildman–Crippen LogP) is 13.8. The Morgan fingerprint density at radius 2 is 0.896 bits per heavy atom. The zero-order valence-corrected chi connectivity index (χ0v) is 26.9. The number of fused-ring (bicyclic) bond motifs is 10. The average Bonchev–Trinajstić information content (AvgIpc) is 3.55. The number of benzene rings is 9. The molecule has 0 aliphatic carbocycles. The molecule has 0 amide bonds. The molecule has 1 heterocycles. The molecule has 1 nitrogen and oxygen atoms in total. The van der Waals surface area contributed by atoms with Crippen molar-refractivity contribution in [1.29, 1.82) is 0 Å². The molecule has 10 aromatic rings. The van der Waals surface area contributed by atoms with Crippen LogP contribution in [0.3, 0.4) is 0 Å². The lowest BCUT2D eigenvalue weighted by molar-refractivity contribution is 1.30. The molecule has 0 aliphatic heterocycles. The number of thiophene rings is 1. The van der Waals surface area contributed by atoms with Crippen LogP contribution in [0, 0.1) is 0 Å². The SMILES string of the molecule is c1ccc(N(c2ccc(-c3cc4c5ccccc5ccc4c4ccccc34)cc2)c2cccc3c2sc2c4ccccc4ccc32)cc1. The third-order valence-corrected chi connectivity index (χ3v) is 11.1. The zero-order valence-electron chi connectivity index (χ0n) is 26.1. The van der Waals surface area contributed by atoms with E-state index in [2.05, 4.69) is 181 Å². The fraction of sp³-hybridized carbons (Fsp3) is 0. The zero-order chi connectivity index (χ0) is 31.6. The van der Waals surface area contributed by atoms with Crippen molar-refractivity contribution in [3.8, 4) is 11.1 Å². The first kappa shape index (κ1) is 27.2. The van der Waals surface area contributed by atoms with Crippen LogP contribution in [0.1, 0.15) is 0 Å². The quantitative estimate of drug-likeness (QED) is 0.176. The molecule has 0 atom stereocenters. The van der Waals surface area contributed by atoms with Gasteiger partial charge in [0.2, 0.25) is 0 Å². The van der Waals surface area contributed by atoms with Gasteiger partial charge in [-0.05, 0) is 90.6 Å². The Hall–Kier alpha value is -5.96. The van der Waals surface area contributed by atoms with Gasteiger partial charge < -0.3 is 4.90 Å². The molecule has 2 heteroatoms. The van der Waals surface area contributed by atoms with Gasteiger partial charge in [-0.2, -0.15) is 0 Å². The minimum atomic E-state index is 1.13. The third-order valence-electron chi connectivity index (χ3n) is 9.83.